The van der Waals surface area contributed by atoms with Gasteiger partial charge in [0.25, 0.3) is 5.91 Å². The number of primary amides is 1. The monoisotopic (exact) mass is 350 g/mol. The summed E-state index contributed by atoms with van der Waals surface area (Å²) in [6, 6.07) is -0.757. The minimum Gasteiger partial charge on any atom is -0.390 e. The Labute approximate surface area is 130 Å². The van der Waals surface area contributed by atoms with E-state index in [4.69, 9.17) is 21.3 Å². The Hall–Kier alpha value is -1.33. The fourth-order valence-electron chi connectivity index (χ4n) is 2.83. The maximum Gasteiger partial charge on any atom is 0.469 e. The van der Waals surface area contributed by atoms with Crippen molar-refractivity contribution in [1.82, 2.24) is 9.97 Å². The molecule has 0 radical (unpaired) electrons. The van der Waals surface area contributed by atoms with Gasteiger partial charge in [-0.1, -0.05) is 0 Å². The van der Waals surface area contributed by atoms with Crippen molar-refractivity contribution in [2.75, 3.05) is 6.61 Å². The minimum absolute atomic E-state index is 0.0321. The van der Waals surface area contributed by atoms with Crippen LogP contribution in [0.3, 0.4) is 0 Å². The molecule has 1 aromatic rings. The van der Waals surface area contributed by atoms with E-state index in [0.29, 0.717) is 0 Å². The van der Waals surface area contributed by atoms with Crippen molar-refractivity contribution < 1.29 is 33.9 Å². The average molecular weight is 350 g/mol. The normalized spacial score (nSPS) is 31.4. The molecule has 23 heavy (non-hydrogen) atoms. The summed E-state index contributed by atoms with van der Waals surface area (Å²) in [5, 5.41) is 20.3. The van der Waals surface area contributed by atoms with Gasteiger partial charge in [-0.05, 0) is 6.42 Å². The molecule has 5 atom stereocenters. The van der Waals surface area contributed by atoms with Crippen molar-refractivity contribution in [2.24, 2.45) is 17.4 Å². The van der Waals surface area contributed by atoms with E-state index in [1.54, 1.807) is 0 Å². The second-order valence-electron chi connectivity index (χ2n) is 5.41. The molecule has 11 nitrogen and oxygen atoms in total. The zero-order chi connectivity index (χ0) is 17.4. The lowest BCUT2D eigenvalue weighted by atomic mass is 9.95. The van der Waals surface area contributed by atoms with Gasteiger partial charge >= 0.3 is 7.82 Å². The van der Waals surface area contributed by atoms with Gasteiger partial charge in [-0.25, -0.2) is 9.55 Å². The average Bonchev–Trinajstić information content (AvgIpc) is 2.97. The predicted octanol–water partition coefficient (Wildman–Crippen LogP) is -2.23. The van der Waals surface area contributed by atoms with Gasteiger partial charge in [0.1, 0.15) is 11.5 Å². The molecule has 2 rings (SSSR count). The van der Waals surface area contributed by atoms with Crippen LogP contribution in [0.5, 0.6) is 0 Å². The zero-order valence-corrected chi connectivity index (χ0v) is 12.8. The quantitative estimate of drug-likeness (QED) is 0.277. The van der Waals surface area contributed by atoms with E-state index >= 15 is 0 Å². The number of amides is 1. The number of phosphoric ester groups is 1. The van der Waals surface area contributed by atoms with E-state index in [0.717, 1.165) is 0 Å². The summed E-state index contributed by atoms with van der Waals surface area (Å²) < 4.78 is 15.0. The molecule has 9 N–H and O–H groups in total. The van der Waals surface area contributed by atoms with Crippen molar-refractivity contribution in [1.29, 1.82) is 0 Å². The molecule has 0 saturated heterocycles. The summed E-state index contributed by atoms with van der Waals surface area (Å²) in [4.78, 5) is 35.0. The summed E-state index contributed by atoms with van der Waals surface area (Å²) in [7, 11) is -4.61. The first-order valence-electron chi connectivity index (χ1n) is 6.78. The third kappa shape index (κ3) is 3.96. The first kappa shape index (κ1) is 18.0. The maximum atomic E-state index is 11.1. The van der Waals surface area contributed by atoms with Crippen molar-refractivity contribution in [3.8, 4) is 0 Å². The molecule has 1 amide bonds. The third-order valence-corrected chi connectivity index (χ3v) is 4.47. The lowest BCUT2D eigenvalue weighted by Gasteiger charge is -2.20. The Morgan fingerprint density at radius 3 is 2.57 bits per heavy atom. The van der Waals surface area contributed by atoms with Crippen LogP contribution in [0, 0.1) is 5.92 Å². The highest BCUT2D eigenvalue weighted by molar-refractivity contribution is 7.46. The van der Waals surface area contributed by atoms with E-state index in [1.165, 1.54) is 6.20 Å². The number of aliphatic hydroxyl groups is 2. The number of carbonyl (C=O) groups excluding carboxylic acids is 1. The maximum absolute atomic E-state index is 11.1. The number of hydrogen-bond acceptors (Lipinski definition) is 7. The van der Waals surface area contributed by atoms with Gasteiger partial charge in [-0.15, -0.1) is 0 Å². The number of imidazole rings is 1. The molecule has 1 saturated carbocycles. The van der Waals surface area contributed by atoms with Crippen molar-refractivity contribution in [3.63, 3.8) is 0 Å². The second-order valence-corrected chi connectivity index (χ2v) is 6.65. The highest BCUT2D eigenvalue weighted by Crippen LogP contribution is 2.40. The summed E-state index contributed by atoms with van der Waals surface area (Å²) >= 11 is 0. The molecular formula is C11H19N4O7P. The molecule has 1 heterocycles. The molecular weight excluding hydrogens is 331 g/mol. The number of aromatic amines is 1. The molecule has 0 aromatic carbocycles. The van der Waals surface area contributed by atoms with Crippen LogP contribution in [0.1, 0.15) is 28.7 Å². The van der Waals surface area contributed by atoms with E-state index in [9.17, 15) is 19.6 Å². The minimum atomic E-state index is -4.61. The predicted molar refractivity (Wildman–Crippen MR) is 75.9 cm³/mol. The van der Waals surface area contributed by atoms with Gasteiger partial charge in [0.05, 0.1) is 30.9 Å². The lowest BCUT2D eigenvalue weighted by molar-refractivity contribution is 0.00882. The van der Waals surface area contributed by atoms with Crippen molar-refractivity contribution in [2.45, 2.75) is 30.6 Å². The Morgan fingerprint density at radius 1 is 1.39 bits per heavy atom. The summed E-state index contributed by atoms with van der Waals surface area (Å²) in [5.41, 5.74) is 11.2. The number of nitrogens with one attached hydrogen (secondary N) is 1. The number of nitrogens with zero attached hydrogens (tertiary/aromatic N) is 1. The molecule has 0 aliphatic heterocycles. The van der Waals surface area contributed by atoms with Gasteiger partial charge in [0.2, 0.25) is 0 Å². The Morgan fingerprint density at radius 2 is 2.04 bits per heavy atom. The highest BCUT2D eigenvalue weighted by Gasteiger charge is 2.49. The summed E-state index contributed by atoms with van der Waals surface area (Å²) in [6.07, 6.45) is -1.24. The van der Waals surface area contributed by atoms with Crippen LogP contribution < -0.4 is 11.5 Å². The standard InChI is InChI=1S/C11H19N4O7P/c12-7-4(1-2-22-23(19,20)21)8(16)9(17)6(7)11-14-3-5(15-11)10(13)18/h3-4,6-9,16-17H,1-2,12H2,(H2,13,18)(H,14,15)(H2,19,20,21). The fraction of sp³-hybridized carbons (Fsp3) is 0.636. The number of carbonyl (C=O) groups is 1. The molecule has 1 aliphatic carbocycles. The molecule has 1 fully saturated rings. The van der Waals surface area contributed by atoms with Gasteiger partial charge in [-0.3, -0.25) is 9.32 Å². The van der Waals surface area contributed by atoms with Crippen LogP contribution in [-0.4, -0.2) is 60.7 Å². The van der Waals surface area contributed by atoms with E-state index < -0.39 is 43.8 Å². The molecule has 1 aromatic heterocycles. The van der Waals surface area contributed by atoms with Gasteiger partial charge in [-0.2, -0.15) is 0 Å². The summed E-state index contributed by atoms with van der Waals surface area (Å²) in [5.74, 6) is -1.96. The Balaban J connectivity index is 2.10. The van der Waals surface area contributed by atoms with Gasteiger partial charge in [0.15, 0.2) is 0 Å². The van der Waals surface area contributed by atoms with Crippen molar-refractivity contribution >= 4 is 13.7 Å². The highest BCUT2D eigenvalue weighted by atomic mass is 31.2. The largest absolute Gasteiger partial charge is 0.469 e. The number of phosphoric acid groups is 1. The molecule has 130 valence electrons. The molecule has 5 unspecified atom stereocenters. The topological polar surface area (TPSA) is 205 Å². The number of aliphatic hydroxyl groups excluding tert-OH is 2. The summed E-state index contributed by atoms with van der Waals surface area (Å²) in [6.45, 7) is -0.330. The number of rotatable bonds is 6. The molecule has 12 heteroatoms. The molecule has 1 aliphatic rings. The zero-order valence-electron chi connectivity index (χ0n) is 11.9. The van der Waals surface area contributed by atoms with Crippen LogP contribution in [0.4, 0.5) is 0 Å². The number of hydrogen-bond donors (Lipinski definition) is 7. The number of H-pyrrole nitrogens is 1. The van der Waals surface area contributed by atoms with Gasteiger partial charge in [0, 0.05) is 12.0 Å². The molecule has 0 spiro atoms. The molecule has 0 bridgehead atoms. The Bertz CT molecular complexity index is 617. The van der Waals surface area contributed by atoms with Crippen LogP contribution in [-0.2, 0) is 9.09 Å². The van der Waals surface area contributed by atoms with Crippen LogP contribution in [0.15, 0.2) is 6.20 Å². The van der Waals surface area contributed by atoms with E-state index in [1.807, 2.05) is 0 Å². The lowest BCUT2D eigenvalue weighted by Crippen LogP contribution is -2.34. The second kappa shape index (κ2) is 6.65. The van der Waals surface area contributed by atoms with Crippen LogP contribution in [0.2, 0.25) is 0 Å². The fourth-order valence-corrected chi connectivity index (χ4v) is 3.18. The van der Waals surface area contributed by atoms with Crippen molar-refractivity contribution in [3.05, 3.63) is 17.7 Å². The van der Waals surface area contributed by atoms with E-state index in [2.05, 4.69) is 14.5 Å². The number of aromatic nitrogens is 2. The van der Waals surface area contributed by atoms with Crippen LogP contribution >= 0.6 is 7.82 Å². The smallest absolute Gasteiger partial charge is 0.390 e. The van der Waals surface area contributed by atoms with Gasteiger partial charge < -0.3 is 36.5 Å². The number of nitrogens with two attached hydrogens (primary N) is 2. The first-order valence-corrected chi connectivity index (χ1v) is 8.31. The van der Waals surface area contributed by atoms with E-state index in [-0.39, 0.29) is 24.5 Å². The third-order valence-electron chi connectivity index (χ3n) is 3.95. The Kier molecular flexibility index (Phi) is 5.21. The first-order chi connectivity index (χ1) is 10.6. The van der Waals surface area contributed by atoms with Crippen LogP contribution in [0.25, 0.3) is 0 Å². The SMILES string of the molecule is NC(=O)c1cnc(C2C(N)C(CCOP(=O)(O)O)C(O)C2O)[nH]1.